The van der Waals surface area contributed by atoms with Crippen LogP contribution in [0.2, 0.25) is 5.02 Å². The van der Waals surface area contributed by atoms with Crippen molar-refractivity contribution >= 4 is 29.1 Å². The zero-order valence-electron chi connectivity index (χ0n) is 15.6. The van der Waals surface area contributed by atoms with Crippen LogP contribution in [0.5, 0.6) is 0 Å². The smallest absolute Gasteiger partial charge is 0.260 e. The van der Waals surface area contributed by atoms with Gasteiger partial charge >= 0.3 is 0 Å². The number of primary amides is 1. The van der Waals surface area contributed by atoms with Gasteiger partial charge in [0.25, 0.3) is 5.91 Å². The molecule has 0 bridgehead atoms. The molecule has 24 heavy (non-hydrogen) atoms. The topological polar surface area (TPSA) is 95.7 Å². The van der Waals surface area contributed by atoms with Crippen molar-refractivity contribution in [2.24, 2.45) is 5.73 Å². The Hall–Kier alpha value is -1.63. The van der Waals surface area contributed by atoms with Crippen LogP contribution < -0.4 is 16.0 Å². The van der Waals surface area contributed by atoms with E-state index in [1.165, 1.54) is 24.1 Å². The van der Waals surface area contributed by atoms with E-state index >= 15 is 0 Å². The largest absolute Gasteiger partial charge is 0.378 e. The SMILES string of the molecule is CC.CC.CCNC.CN1C(=O)C(O)c2c(Cl)cc(C(N)=O)cc21. The van der Waals surface area contributed by atoms with Gasteiger partial charge in [0.2, 0.25) is 5.91 Å². The summed E-state index contributed by atoms with van der Waals surface area (Å²) in [5, 5.41) is 12.7. The molecule has 1 aliphatic heterocycles. The molecule has 1 heterocycles. The quantitative estimate of drug-likeness (QED) is 0.756. The second-order valence-corrected chi connectivity index (χ2v) is 4.67. The standard InChI is InChI=1S/C10H9ClN2O3.C3H9N.2C2H6/c1-13-6-3-4(9(12)15)2-5(11)7(6)8(14)10(13)16;1-3-4-2;2*1-2/h2-3,8,14H,1H3,(H2,12,15);4H,3H2,1-2H3;2*1-2H3. The Kier molecular flexibility index (Phi) is 13.1. The molecule has 2 amide bonds. The second-order valence-electron chi connectivity index (χ2n) is 4.26. The van der Waals surface area contributed by atoms with Gasteiger partial charge in [-0.05, 0) is 25.7 Å². The number of likely N-dealkylation sites (N-methyl/N-ethyl adjacent to an activating group) is 1. The van der Waals surface area contributed by atoms with Crippen molar-refractivity contribution in [2.75, 3.05) is 25.5 Å². The Morgan fingerprint density at radius 3 is 2.17 bits per heavy atom. The van der Waals surface area contributed by atoms with Gasteiger partial charge in [-0.1, -0.05) is 46.2 Å². The van der Waals surface area contributed by atoms with Crippen LogP contribution in [-0.4, -0.2) is 37.6 Å². The van der Waals surface area contributed by atoms with Gasteiger partial charge in [-0.3, -0.25) is 9.59 Å². The third kappa shape index (κ3) is 6.11. The van der Waals surface area contributed by atoms with Gasteiger partial charge in [-0.15, -0.1) is 0 Å². The molecule has 7 heteroatoms. The minimum atomic E-state index is -1.27. The van der Waals surface area contributed by atoms with Crippen LogP contribution in [-0.2, 0) is 4.79 Å². The van der Waals surface area contributed by atoms with Crippen molar-refractivity contribution in [3.8, 4) is 0 Å². The van der Waals surface area contributed by atoms with Crippen molar-refractivity contribution in [3.63, 3.8) is 0 Å². The average molecular weight is 360 g/mol. The molecule has 0 saturated carbocycles. The van der Waals surface area contributed by atoms with E-state index in [9.17, 15) is 14.7 Å². The molecule has 4 N–H and O–H groups in total. The molecule has 1 aromatic rings. The highest BCUT2D eigenvalue weighted by Crippen LogP contribution is 2.40. The molecular formula is C17H30ClN3O3. The van der Waals surface area contributed by atoms with Crippen molar-refractivity contribution in [1.29, 1.82) is 0 Å². The number of nitrogens with two attached hydrogens (primary N) is 1. The predicted molar refractivity (Wildman–Crippen MR) is 101 cm³/mol. The summed E-state index contributed by atoms with van der Waals surface area (Å²) in [6.45, 7) is 11.1. The highest BCUT2D eigenvalue weighted by Gasteiger charge is 2.36. The normalized spacial score (nSPS) is 14.3. The summed E-state index contributed by atoms with van der Waals surface area (Å²) in [6, 6.07) is 2.79. The molecule has 0 aromatic heterocycles. The number of hydrogen-bond acceptors (Lipinski definition) is 4. The number of anilines is 1. The zero-order chi connectivity index (χ0) is 19.4. The molecule has 0 saturated heterocycles. The van der Waals surface area contributed by atoms with E-state index in [1.54, 1.807) is 0 Å². The first-order valence-electron chi connectivity index (χ1n) is 8.08. The molecule has 0 aliphatic carbocycles. The van der Waals surface area contributed by atoms with Crippen LogP contribution in [0.25, 0.3) is 0 Å². The molecule has 138 valence electrons. The fourth-order valence-corrected chi connectivity index (χ4v) is 2.04. The highest BCUT2D eigenvalue weighted by atomic mass is 35.5. The van der Waals surface area contributed by atoms with E-state index in [1.807, 2.05) is 34.7 Å². The maximum Gasteiger partial charge on any atom is 0.260 e. The van der Waals surface area contributed by atoms with E-state index in [4.69, 9.17) is 17.3 Å². The number of fused-ring (bicyclic) bond motifs is 1. The maximum absolute atomic E-state index is 11.5. The predicted octanol–water partition coefficient (Wildman–Crippen LogP) is 2.73. The summed E-state index contributed by atoms with van der Waals surface area (Å²) in [6.07, 6.45) is -1.27. The fourth-order valence-electron chi connectivity index (χ4n) is 1.72. The summed E-state index contributed by atoms with van der Waals surface area (Å²) >= 11 is 5.90. The van der Waals surface area contributed by atoms with E-state index in [-0.39, 0.29) is 10.6 Å². The Labute approximate surface area is 150 Å². The van der Waals surface area contributed by atoms with Crippen LogP contribution in [0, 0.1) is 0 Å². The first-order valence-corrected chi connectivity index (χ1v) is 8.46. The minimum Gasteiger partial charge on any atom is -0.378 e. The van der Waals surface area contributed by atoms with Gasteiger partial charge in [-0.2, -0.15) is 0 Å². The molecule has 1 atom stereocenters. The number of benzene rings is 1. The van der Waals surface area contributed by atoms with Crippen molar-refractivity contribution in [2.45, 2.75) is 40.7 Å². The van der Waals surface area contributed by atoms with E-state index in [0.717, 1.165) is 6.54 Å². The summed E-state index contributed by atoms with van der Waals surface area (Å²) in [5.74, 6) is -1.11. The van der Waals surface area contributed by atoms with Crippen molar-refractivity contribution in [1.82, 2.24) is 5.32 Å². The van der Waals surface area contributed by atoms with Gasteiger partial charge in [-0.25, -0.2) is 0 Å². The van der Waals surface area contributed by atoms with Gasteiger partial charge in [0.15, 0.2) is 6.10 Å². The number of aliphatic hydroxyl groups is 1. The molecule has 1 aliphatic rings. The number of halogens is 1. The lowest BCUT2D eigenvalue weighted by Crippen LogP contribution is -2.23. The number of amides is 2. The van der Waals surface area contributed by atoms with E-state index < -0.39 is 17.9 Å². The summed E-state index contributed by atoms with van der Waals surface area (Å²) < 4.78 is 0. The molecule has 1 aromatic carbocycles. The number of rotatable bonds is 2. The minimum absolute atomic E-state index is 0.163. The number of hydrogen-bond donors (Lipinski definition) is 3. The van der Waals surface area contributed by atoms with E-state index in [2.05, 4.69) is 12.2 Å². The molecule has 0 fully saturated rings. The maximum atomic E-state index is 11.5. The lowest BCUT2D eigenvalue weighted by molar-refractivity contribution is -0.125. The number of aliphatic hydroxyl groups excluding tert-OH is 1. The Morgan fingerprint density at radius 2 is 1.79 bits per heavy atom. The average Bonchev–Trinajstić information content (AvgIpc) is 2.83. The summed E-state index contributed by atoms with van der Waals surface area (Å²) in [5.41, 5.74) is 6.07. The molecule has 6 nitrogen and oxygen atoms in total. The van der Waals surface area contributed by atoms with Crippen molar-refractivity contribution in [3.05, 3.63) is 28.3 Å². The third-order valence-corrected chi connectivity index (χ3v) is 3.26. The Morgan fingerprint density at radius 1 is 1.33 bits per heavy atom. The molecule has 2 rings (SSSR count). The molecule has 1 unspecified atom stereocenters. The zero-order valence-corrected chi connectivity index (χ0v) is 16.4. The number of carbonyl (C=O) groups is 2. The molecule has 0 spiro atoms. The van der Waals surface area contributed by atoms with Gasteiger partial charge < -0.3 is 21.1 Å². The first kappa shape index (κ1) is 24.6. The second kappa shape index (κ2) is 12.8. The van der Waals surface area contributed by atoms with Crippen LogP contribution in [0.4, 0.5) is 5.69 Å². The van der Waals surface area contributed by atoms with Crippen LogP contribution in [0.3, 0.4) is 0 Å². The Balaban J connectivity index is 0. The monoisotopic (exact) mass is 359 g/mol. The van der Waals surface area contributed by atoms with Gasteiger partial charge in [0.1, 0.15) is 0 Å². The summed E-state index contributed by atoms with van der Waals surface area (Å²) in [4.78, 5) is 23.8. The first-order chi connectivity index (χ1) is 11.3. The van der Waals surface area contributed by atoms with Crippen LogP contribution in [0.1, 0.15) is 56.6 Å². The van der Waals surface area contributed by atoms with Gasteiger partial charge in [0.05, 0.1) is 5.69 Å². The fraction of sp³-hybridized carbons (Fsp3) is 0.529. The number of nitrogens with zero attached hydrogens (tertiary/aromatic N) is 1. The summed E-state index contributed by atoms with van der Waals surface area (Å²) in [7, 11) is 3.43. The molecule has 0 radical (unpaired) electrons. The van der Waals surface area contributed by atoms with E-state index in [0.29, 0.717) is 11.3 Å². The number of carbonyl (C=O) groups excluding carboxylic acids is 2. The van der Waals surface area contributed by atoms with Crippen molar-refractivity contribution < 1.29 is 14.7 Å². The highest BCUT2D eigenvalue weighted by molar-refractivity contribution is 6.33. The van der Waals surface area contributed by atoms with Crippen LogP contribution in [0.15, 0.2) is 12.1 Å². The lowest BCUT2D eigenvalue weighted by atomic mass is 10.1. The van der Waals surface area contributed by atoms with Gasteiger partial charge in [0, 0.05) is 23.2 Å². The molecular weight excluding hydrogens is 330 g/mol. The van der Waals surface area contributed by atoms with Crippen LogP contribution >= 0.6 is 11.6 Å². The lowest BCUT2D eigenvalue weighted by Gasteiger charge is -2.10. The Bertz CT molecular complexity index is 534. The third-order valence-electron chi connectivity index (χ3n) is 2.95. The number of nitrogens with one attached hydrogen (secondary N) is 1.